The van der Waals surface area contributed by atoms with Crippen molar-refractivity contribution in [2.75, 3.05) is 24.5 Å². The molecule has 4 rings (SSSR count). The number of amides is 1. The van der Waals surface area contributed by atoms with Gasteiger partial charge in [-0.25, -0.2) is 0 Å². The number of rotatable bonds is 3. The Morgan fingerprint density at radius 1 is 1.28 bits per heavy atom. The Morgan fingerprint density at radius 2 is 2.12 bits per heavy atom. The summed E-state index contributed by atoms with van der Waals surface area (Å²) in [6.45, 7) is 3.54. The Balaban J connectivity index is 0.00000182. The number of hydrogen-bond acceptors (Lipinski definition) is 4. The summed E-state index contributed by atoms with van der Waals surface area (Å²) < 4.78 is 0. The molecule has 0 spiro atoms. The van der Waals surface area contributed by atoms with E-state index in [1.165, 1.54) is 5.69 Å². The van der Waals surface area contributed by atoms with Crippen molar-refractivity contribution < 1.29 is 4.79 Å². The highest BCUT2D eigenvalue weighted by molar-refractivity contribution is 5.94. The lowest BCUT2D eigenvalue weighted by Crippen LogP contribution is -2.48. The summed E-state index contributed by atoms with van der Waals surface area (Å²) in [6, 6.07) is 10.6. The molecule has 1 fully saturated rings. The normalized spacial score (nSPS) is 19.7. The number of anilines is 1. The number of carbonyl (C=O) groups excluding carboxylic acids is 1. The number of nitrogens with zero attached hydrogens (tertiary/aromatic N) is 2. The highest BCUT2D eigenvalue weighted by Gasteiger charge is 2.26. The fourth-order valence-corrected chi connectivity index (χ4v) is 3.64. The molecule has 0 bridgehead atoms. The number of nitrogens with one attached hydrogen (secondary N) is 3. The summed E-state index contributed by atoms with van der Waals surface area (Å²) in [4.78, 5) is 15.0. The van der Waals surface area contributed by atoms with Crippen LogP contribution in [0.5, 0.6) is 0 Å². The average Bonchev–Trinajstić information content (AvgIpc) is 3.07. The Bertz CT molecular complexity index is 718. The SMILES string of the molecule is Cl.O=C(NC1CCCN(c2ccccc2)C1)c1n[nH]c2c1CNCC2. The summed E-state index contributed by atoms with van der Waals surface area (Å²) in [5.41, 5.74) is 3.88. The van der Waals surface area contributed by atoms with Gasteiger partial charge in [0.05, 0.1) is 0 Å². The Hall–Kier alpha value is -2.05. The van der Waals surface area contributed by atoms with E-state index in [0.29, 0.717) is 5.69 Å². The predicted octanol–water partition coefficient (Wildman–Crippen LogP) is 1.88. The van der Waals surface area contributed by atoms with Crippen LogP contribution in [-0.2, 0) is 13.0 Å². The number of hydrogen-bond donors (Lipinski definition) is 3. The highest BCUT2D eigenvalue weighted by atomic mass is 35.5. The number of piperidine rings is 1. The highest BCUT2D eigenvalue weighted by Crippen LogP contribution is 2.20. The number of halogens is 1. The molecule has 0 aliphatic carbocycles. The predicted molar refractivity (Wildman–Crippen MR) is 100 cm³/mol. The second-order valence-electron chi connectivity index (χ2n) is 6.55. The zero-order valence-corrected chi connectivity index (χ0v) is 14.9. The van der Waals surface area contributed by atoms with Crippen LogP contribution in [0.25, 0.3) is 0 Å². The fourth-order valence-electron chi connectivity index (χ4n) is 3.64. The van der Waals surface area contributed by atoms with Crippen LogP contribution in [-0.4, -0.2) is 41.8 Å². The van der Waals surface area contributed by atoms with Crippen molar-refractivity contribution in [3.05, 3.63) is 47.3 Å². The molecular weight excluding hydrogens is 338 g/mol. The van der Waals surface area contributed by atoms with Crippen LogP contribution in [0.4, 0.5) is 5.69 Å². The first-order valence-corrected chi connectivity index (χ1v) is 8.69. The second-order valence-corrected chi connectivity index (χ2v) is 6.55. The number of fused-ring (bicyclic) bond motifs is 1. The monoisotopic (exact) mass is 361 g/mol. The first-order valence-electron chi connectivity index (χ1n) is 8.69. The van der Waals surface area contributed by atoms with E-state index in [2.05, 4.69) is 50.0 Å². The minimum atomic E-state index is -0.0592. The molecule has 0 saturated carbocycles. The topological polar surface area (TPSA) is 73.0 Å². The van der Waals surface area contributed by atoms with E-state index in [0.717, 1.165) is 56.7 Å². The molecule has 6 nitrogen and oxygen atoms in total. The van der Waals surface area contributed by atoms with Gasteiger partial charge in [0, 0.05) is 55.6 Å². The molecule has 0 radical (unpaired) electrons. The van der Waals surface area contributed by atoms with E-state index in [1.54, 1.807) is 0 Å². The maximum atomic E-state index is 12.6. The van der Waals surface area contributed by atoms with Crippen LogP contribution >= 0.6 is 12.4 Å². The average molecular weight is 362 g/mol. The molecule has 3 N–H and O–H groups in total. The summed E-state index contributed by atoms with van der Waals surface area (Å²) in [5.74, 6) is -0.0592. The molecule has 1 unspecified atom stereocenters. The lowest BCUT2D eigenvalue weighted by Gasteiger charge is -2.34. The third-order valence-corrected chi connectivity index (χ3v) is 4.90. The van der Waals surface area contributed by atoms with E-state index in [4.69, 9.17) is 0 Å². The van der Waals surface area contributed by atoms with Crippen molar-refractivity contribution in [2.45, 2.75) is 31.8 Å². The van der Waals surface area contributed by atoms with Gasteiger partial charge >= 0.3 is 0 Å². The standard InChI is InChI=1S/C18H23N5O.ClH/c24-18(17-15-11-19-9-8-16(15)21-22-17)20-13-5-4-10-23(12-13)14-6-2-1-3-7-14;/h1-3,6-7,13,19H,4-5,8-12H2,(H,20,24)(H,21,22);1H. The smallest absolute Gasteiger partial charge is 0.272 e. The van der Waals surface area contributed by atoms with Crippen LogP contribution in [0.15, 0.2) is 30.3 Å². The van der Waals surface area contributed by atoms with E-state index < -0.39 is 0 Å². The number of aromatic nitrogens is 2. The van der Waals surface area contributed by atoms with E-state index in [-0.39, 0.29) is 24.4 Å². The van der Waals surface area contributed by atoms with Crippen molar-refractivity contribution >= 4 is 24.0 Å². The molecule has 2 aromatic rings. The first-order chi connectivity index (χ1) is 11.8. The van der Waals surface area contributed by atoms with Crippen molar-refractivity contribution in [3.8, 4) is 0 Å². The molecule has 1 aromatic carbocycles. The van der Waals surface area contributed by atoms with Crippen molar-refractivity contribution in [3.63, 3.8) is 0 Å². The summed E-state index contributed by atoms with van der Waals surface area (Å²) in [6.07, 6.45) is 3.00. The minimum Gasteiger partial charge on any atom is -0.369 e. The molecule has 1 saturated heterocycles. The van der Waals surface area contributed by atoms with E-state index in [1.807, 2.05) is 6.07 Å². The largest absolute Gasteiger partial charge is 0.369 e. The summed E-state index contributed by atoms with van der Waals surface area (Å²) in [5, 5.41) is 13.8. The third-order valence-electron chi connectivity index (χ3n) is 4.90. The van der Waals surface area contributed by atoms with Gasteiger partial charge in [-0.15, -0.1) is 12.4 Å². The summed E-state index contributed by atoms with van der Waals surface area (Å²) >= 11 is 0. The molecule has 134 valence electrons. The van der Waals surface area contributed by atoms with E-state index in [9.17, 15) is 4.79 Å². The van der Waals surface area contributed by atoms with Crippen molar-refractivity contribution in [1.82, 2.24) is 20.8 Å². The van der Waals surface area contributed by atoms with Crippen LogP contribution in [0, 0.1) is 0 Å². The number of para-hydroxylation sites is 1. The molecule has 3 heterocycles. The van der Waals surface area contributed by atoms with Gasteiger partial charge in [-0.05, 0) is 25.0 Å². The van der Waals surface area contributed by atoms with E-state index >= 15 is 0 Å². The zero-order chi connectivity index (χ0) is 16.4. The molecule has 25 heavy (non-hydrogen) atoms. The lowest BCUT2D eigenvalue weighted by molar-refractivity contribution is 0.0927. The van der Waals surface area contributed by atoms with Gasteiger partial charge in [0.2, 0.25) is 0 Å². The number of H-pyrrole nitrogens is 1. The molecule has 2 aliphatic heterocycles. The van der Waals surface area contributed by atoms with Crippen molar-refractivity contribution in [2.24, 2.45) is 0 Å². The third kappa shape index (κ3) is 3.80. The lowest BCUT2D eigenvalue weighted by atomic mass is 10.0. The zero-order valence-electron chi connectivity index (χ0n) is 14.1. The molecular formula is C18H24ClN5O. The van der Waals surface area contributed by atoms with Crippen LogP contribution in [0.2, 0.25) is 0 Å². The van der Waals surface area contributed by atoms with Gasteiger partial charge in [-0.1, -0.05) is 18.2 Å². The number of benzene rings is 1. The Labute approximate surface area is 153 Å². The van der Waals surface area contributed by atoms with Gasteiger partial charge < -0.3 is 15.5 Å². The maximum absolute atomic E-state index is 12.6. The minimum absolute atomic E-state index is 0. The van der Waals surface area contributed by atoms with Gasteiger partial charge in [-0.3, -0.25) is 9.89 Å². The molecule has 2 aliphatic rings. The fraction of sp³-hybridized carbons (Fsp3) is 0.444. The van der Waals surface area contributed by atoms with Crippen LogP contribution in [0.3, 0.4) is 0 Å². The van der Waals surface area contributed by atoms with Gasteiger partial charge in [-0.2, -0.15) is 5.10 Å². The number of aromatic amines is 1. The molecule has 1 amide bonds. The molecule has 1 atom stereocenters. The molecule has 7 heteroatoms. The van der Waals surface area contributed by atoms with Gasteiger partial charge in [0.25, 0.3) is 5.91 Å². The van der Waals surface area contributed by atoms with Crippen molar-refractivity contribution in [1.29, 1.82) is 0 Å². The van der Waals surface area contributed by atoms with Gasteiger partial charge in [0.15, 0.2) is 5.69 Å². The van der Waals surface area contributed by atoms with Crippen LogP contribution < -0.4 is 15.5 Å². The second kappa shape index (κ2) is 7.89. The van der Waals surface area contributed by atoms with Crippen LogP contribution in [0.1, 0.15) is 34.6 Å². The van der Waals surface area contributed by atoms with Gasteiger partial charge in [0.1, 0.15) is 0 Å². The Morgan fingerprint density at radius 3 is 2.96 bits per heavy atom. The number of carbonyl (C=O) groups is 1. The quantitative estimate of drug-likeness (QED) is 0.780. The Kier molecular flexibility index (Phi) is 5.60. The summed E-state index contributed by atoms with van der Waals surface area (Å²) in [7, 11) is 0. The maximum Gasteiger partial charge on any atom is 0.272 e. The molecule has 1 aromatic heterocycles. The first kappa shape index (κ1) is 17.8.